The van der Waals surface area contributed by atoms with Crippen molar-refractivity contribution in [3.63, 3.8) is 0 Å². The summed E-state index contributed by atoms with van der Waals surface area (Å²) in [5.41, 5.74) is 0.299. The van der Waals surface area contributed by atoms with Crippen LogP contribution in [0.2, 0.25) is 0 Å². The van der Waals surface area contributed by atoms with Crippen molar-refractivity contribution in [3.05, 3.63) is 89.0 Å². The van der Waals surface area contributed by atoms with Gasteiger partial charge in [0.2, 0.25) is 0 Å². The molecular weight excluding hydrogens is 505 g/mol. The predicted octanol–water partition coefficient (Wildman–Crippen LogP) is 6.39. The van der Waals surface area contributed by atoms with E-state index in [1.807, 2.05) is 0 Å². The lowest BCUT2D eigenvalue weighted by atomic mass is 9.98. The molecule has 4 rings (SSSR count). The van der Waals surface area contributed by atoms with E-state index in [0.717, 1.165) is 10.7 Å². The topological polar surface area (TPSA) is 52.0 Å². The van der Waals surface area contributed by atoms with Crippen LogP contribution in [0.5, 0.6) is 0 Å². The fraction of sp³-hybridized carbons (Fsp3) is 0.0870. The van der Waals surface area contributed by atoms with E-state index in [-0.39, 0.29) is 16.2 Å². The van der Waals surface area contributed by atoms with Crippen molar-refractivity contribution in [1.82, 2.24) is 9.78 Å². The third-order valence-corrected chi connectivity index (χ3v) is 6.50. The maximum Gasteiger partial charge on any atom is 0.435 e. The molecule has 1 heterocycles. The summed E-state index contributed by atoms with van der Waals surface area (Å²) in [4.78, 5) is 0.0771. The highest BCUT2D eigenvalue weighted by Gasteiger charge is 2.40. The lowest BCUT2D eigenvalue weighted by Gasteiger charge is -2.12. The number of aromatic nitrogens is 2. The van der Waals surface area contributed by atoms with Crippen molar-refractivity contribution in [2.24, 2.45) is 0 Å². The summed E-state index contributed by atoms with van der Waals surface area (Å²) in [7, 11) is -3.46. The lowest BCUT2D eigenvalue weighted by molar-refractivity contribution is -0.140. The first-order chi connectivity index (χ1) is 15.1. The quantitative estimate of drug-likeness (QED) is 0.313. The van der Waals surface area contributed by atoms with E-state index in [4.69, 9.17) is 0 Å². The number of para-hydroxylation sites is 1. The molecule has 0 saturated heterocycles. The zero-order chi connectivity index (χ0) is 23.1. The zero-order valence-corrected chi connectivity index (χ0v) is 19.0. The van der Waals surface area contributed by atoms with Gasteiger partial charge < -0.3 is 0 Å². The van der Waals surface area contributed by atoms with E-state index < -0.39 is 21.7 Å². The van der Waals surface area contributed by atoms with Crippen LogP contribution in [0, 0.1) is 0 Å². The maximum atomic E-state index is 14.1. The van der Waals surface area contributed by atoms with E-state index in [2.05, 4.69) is 21.0 Å². The Hall–Kier alpha value is -2.91. The van der Waals surface area contributed by atoms with Crippen LogP contribution >= 0.6 is 15.9 Å². The van der Waals surface area contributed by atoms with Crippen LogP contribution in [0.4, 0.5) is 13.2 Å². The van der Waals surface area contributed by atoms with E-state index in [1.165, 1.54) is 28.9 Å². The molecule has 164 valence electrons. The lowest BCUT2D eigenvalue weighted by Crippen LogP contribution is -2.08. The average molecular weight is 521 g/mol. The predicted molar refractivity (Wildman–Crippen MR) is 120 cm³/mol. The van der Waals surface area contributed by atoms with Crippen molar-refractivity contribution in [1.29, 1.82) is 0 Å². The van der Waals surface area contributed by atoms with E-state index in [0.29, 0.717) is 16.8 Å². The van der Waals surface area contributed by atoms with Crippen molar-refractivity contribution in [2.75, 3.05) is 6.26 Å². The Kier molecular flexibility index (Phi) is 5.72. The van der Waals surface area contributed by atoms with Crippen molar-refractivity contribution in [3.8, 4) is 28.1 Å². The molecule has 0 bridgehead atoms. The SMILES string of the molecule is CS(=O)(=O)c1ccc(-c2c(-c3ccc(Br)cc3)c(C(F)(F)F)nn2-c2ccccc2)cc1. The van der Waals surface area contributed by atoms with Gasteiger partial charge in [0.25, 0.3) is 0 Å². The van der Waals surface area contributed by atoms with Gasteiger partial charge >= 0.3 is 6.18 Å². The van der Waals surface area contributed by atoms with Crippen LogP contribution in [0.1, 0.15) is 5.69 Å². The van der Waals surface area contributed by atoms with Crippen LogP contribution in [0.15, 0.2) is 88.2 Å². The highest BCUT2D eigenvalue weighted by molar-refractivity contribution is 9.10. The minimum Gasteiger partial charge on any atom is -0.232 e. The first-order valence-corrected chi connectivity index (χ1v) is 12.1. The van der Waals surface area contributed by atoms with Gasteiger partial charge in [-0.25, -0.2) is 13.1 Å². The molecule has 0 fully saturated rings. The van der Waals surface area contributed by atoms with Gasteiger partial charge in [-0.1, -0.05) is 58.4 Å². The van der Waals surface area contributed by atoms with Gasteiger partial charge in [0.05, 0.1) is 16.3 Å². The van der Waals surface area contributed by atoms with Gasteiger partial charge in [-0.2, -0.15) is 18.3 Å². The van der Waals surface area contributed by atoms with Crippen LogP contribution in [-0.2, 0) is 16.0 Å². The molecule has 0 N–H and O–H groups in total. The molecule has 0 aliphatic rings. The van der Waals surface area contributed by atoms with Gasteiger partial charge in [-0.3, -0.25) is 0 Å². The number of alkyl halides is 3. The Labute approximate surface area is 191 Å². The van der Waals surface area contributed by atoms with Gasteiger partial charge in [0, 0.05) is 21.9 Å². The number of rotatable bonds is 4. The molecule has 1 aromatic heterocycles. The summed E-state index contributed by atoms with van der Waals surface area (Å²) in [6.07, 6.45) is -3.63. The van der Waals surface area contributed by atoms with Gasteiger partial charge in [0.1, 0.15) is 0 Å². The van der Waals surface area contributed by atoms with Crippen molar-refractivity contribution < 1.29 is 21.6 Å². The van der Waals surface area contributed by atoms with Crippen LogP contribution in [0.25, 0.3) is 28.1 Å². The maximum absolute atomic E-state index is 14.1. The highest BCUT2D eigenvalue weighted by atomic mass is 79.9. The third-order valence-electron chi connectivity index (χ3n) is 4.84. The molecule has 0 atom stereocenters. The Morgan fingerprint density at radius 1 is 0.844 bits per heavy atom. The minimum atomic E-state index is -4.70. The summed E-state index contributed by atoms with van der Waals surface area (Å²) >= 11 is 3.31. The smallest absolute Gasteiger partial charge is 0.232 e. The number of nitrogens with zero attached hydrogens (tertiary/aromatic N) is 2. The molecular formula is C23H16BrF3N2O2S. The van der Waals surface area contributed by atoms with E-state index in [1.54, 1.807) is 54.6 Å². The van der Waals surface area contributed by atoms with Crippen molar-refractivity contribution >= 4 is 25.8 Å². The molecule has 32 heavy (non-hydrogen) atoms. The highest BCUT2D eigenvalue weighted by Crippen LogP contribution is 2.43. The molecule has 0 spiro atoms. The molecule has 0 saturated carbocycles. The molecule has 4 nitrogen and oxygen atoms in total. The summed E-state index contributed by atoms with van der Waals surface area (Å²) in [6.45, 7) is 0. The number of halogens is 4. The Bertz CT molecular complexity index is 1360. The third kappa shape index (κ3) is 4.35. The van der Waals surface area contributed by atoms with E-state index in [9.17, 15) is 21.6 Å². The minimum absolute atomic E-state index is 0.0771. The normalized spacial score (nSPS) is 12.2. The second-order valence-electron chi connectivity index (χ2n) is 7.12. The van der Waals surface area contributed by atoms with Crippen LogP contribution < -0.4 is 0 Å². The largest absolute Gasteiger partial charge is 0.435 e. The summed E-state index contributed by atoms with van der Waals surface area (Å²) in [5.74, 6) is 0. The molecule has 0 aliphatic carbocycles. The molecule has 9 heteroatoms. The Morgan fingerprint density at radius 3 is 1.94 bits per heavy atom. The fourth-order valence-electron chi connectivity index (χ4n) is 3.39. The average Bonchev–Trinajstić information content (AvgIpc) is 3.15. The number of hydrogen-bond acceptors (Lipinski definition) is 3. The standard InChI is InChI=1S/C23H16BrF3N2O2S/c1-32(30,31)19-13-9-16(10-14-19)21-20(15-7-11-17(24)12-8-15)22(23(25,26)27)28-29(21)18-5-3-2-4-6-18/h2-14H,1H3. The number of benzene rings is 3. The Morgan fingerprint density at radius 2 is 1.41 bits per heavy atom. The molecule has 3 aromatic carbocycles. The first-order valence-electron chi connectivity index (χ1n) is 9.38. The summed E-state index contributed by atoms with van der Waals surface area (Å²) in [6, 6.07) is 20.7. The van der Waals surface area contributed by atoms with Gasteiger partial charge in [-0.15, -0.1) is 0 Å². The monoisotopic (exact) mass is 520 g/mol. The van der Waals surface area contributed by atoms with Gasteiger partial charge in [-0.05, 0) is 42.0 Å². The number of hydrogen-bond donors (Lipinski definition) is 0. The Balaban J connectivity index is 2.07. The molecule has 0 radical (unpaired) electrons. The van der Waals surface area contributed by atoms with E-state index >= 15 is 0 Å². The van der Waals surface area contributed by atoms with Gasteiger partial charge in [0.15, 0.2) is 15.5 Å². The number of sulfone groups is 1. The molecule has 0 aliphatic heterocycles. The summed E-state index contributed by atoms with van der Waals surface area (Å²) in [5, 5.41) is 3.96. The van der Waals surface area contributed by atoms with Crippen LogP contribution in [-0.4, -0.2) is 24.5 Å². The fourth-order valence-corrected chi connectivity index (χ4v) is 4.28. The van der Waals surface area contributed by atoms with Crippen LogP contribution in [0.3, 0.4) is 0 Å². The molecule has 0 unspecified atom stereocenters. The second kappa shape index (κ2) is 8.22. The van der Waals surface area contributed by atoms with Crippen molar-refractivity contribution in [2.45, 2.75) is 11.1 Å². The second-order valence-corrected chi connectivity index (χ2v) is 10.1. The zero-order valence-electron chi connectivity index (χ0n) is 16.6. The summed E-state index contributed by atoms with van der Waals surface area (Å²) < 4.78 is 68.0. The molecule has 0 amide bonds. The first kappa shape index (κ1) is 22.3. The molecule has 4 aromatic rings.